The number of aromatic nitrogens is 1. The molecule has 0 N–H and O–H groups in total. The zero-order chi connectivity index (χ0) is 17.7. The van der Waals surface area contributed by atoms with E-state index in [1.807, 2.05) is 12.1 Å². The molecule has 0 aliphatic heterocycles. The van der Waals surface area contributed by atoms with Crippen LogP contribution >= 0.6 is 11.6 Å². The summed E-state index contributed by atoms with van der Waals surface area (Å²) in [6.07, 6.45) is 0. The summed E-state index contributed by atoms with van der Waals surface area (Å²) in [5.74, 6) is 0. The summed E-state index contributed by atoms with van der Waals surface area (Å²) in [6.45, 7) is 0. The number of hydrogen-bond acceptors (Lipinski definition) is 1. The van der Waals surface area contributed by atoms with E-state index in [2.05, 4.69) is 65.1 Å². The minimum atomic E-state index is 0.784. The largest absolute Gasteiger partial charge is 0.456 e. The van der Waals surface area contributed by atoms with Gasteiger partial charge in [-0.05, 0) is 35.7 Å². The van der Waals surface area contributed by atoms with Crippen molar-refractivity contribution in [1.82, 2.24) is 4.40 Å². The Labute approximate surface area is 158 Å². The number of halogens is 1. The number of rotatable bonds is 0. The van der Waals surface area contributed by atoms with Crippen LogP contribution in [0.5, 0.6) is 0 Å². The van der Waals surface area contributed by atoms with Crippen LogP contribution in [0.15, 0.2) is 77.2 Å². The van der Waals surface area contributed by atoms with Crippen molar-refractivity contribution in [3.8, 4) is 0 Å². The van der Waals surface area contributed by atoms with Gasteiger partial charge in [-0.1, -0.05) is 54.1 Å². The van der Waals surface area contributed by atoms with E-state index in [1.165, 1.54) is 27.1 Å². The molecule has 3 heteroatoms. The molecule has 0 bridgehead atoms. The Hall–Kier alpha value is -3.23. The summed E-state index contributed by atoms with van der Waals surface area (Å²) in [4.78, 5) is 0. The van der Waals surface area contributed by atoms with Crippen LogP contribution < -0.4 is 0 Å². The van der Waals surface area contributed by atoms with Crippen molar-refractivity contribution in [2.24, 2.45) is 0 Å². The quantitative estimate of drug-likeness (QED) is 0.274. The predicted octanol–water partition coefficient (Wildman–Crippen LogP) is 7.39. The standard InChI is InChI=1S/C24H12ClNO/c25-16-8-3-9-17-21(16)15-7-1-6-14-13-5-2-11-19-22(13)23-18(26(17)24(14)15)10-4-12-20(23)27-19/h1-12H. The molecule has 0 spiro atoms. The first-order chi connectivity index (χ1) is 13.3. The highest BCUT2D eigenvalue weighted by Crippen LogP contribution is 2.43. The van der Waals surface area contributed by atoms with Gasteiger partial charge in [0.05, 0.1) is 27.0 Å². The van der Waals surface area contributed by atoms with Crippen molar-refractivity contribution in [3.63, 3.8) is 0 Å². The molecule has 0 aliphatic carbocycles. The van der Waals surface area contributed by atoms with Crippen LogP contribution in [0.25, 0.3) is 60.0 Å². The number of para-hydroxylation sites is 1. The maximum Gasteiger partial charge on any atom is 0.137 e. The molecule has 2 nitrogen and oxygen atoms in total. The van der Waals surface area contributed by atoms with Gasteiger partial charge in [0, 0.05) is 21.5 Å². The zero-order valence-electron chi connectivity index (χ0n) is 14.2. The van der Waals surface area contributed by atoms with Crippen molar-refractivity contribution in [2.45, 2.75) is 0 Å². The molecule has 4 aromatic carbocycles. The van der Waals surface area contributed by atoms with Gasteiger partial charge in [0.25, 0.3) is 0 Å². The van der Waals surface area contributed by atoms with E-state index in [4.69, 9.17) is 16.0 Å². The first-order valence-corrected chi connectivity index (χ1v) is 9.37. The molecule has 27 heavy (non-hydrogen) atoms. The van der Waals surface area contributed by atoms with Crippen LogP contribution in [0.2, 0.25) is 5.02 Å². The average molecular weight is 366 g/mol. The van der Waals surface area contributed by atoms with Gasteiger partial charge in [0.1, 0.15) is 11.2 Å². The third-order valence-corrected chi connectivity index (χ3v) is 6.11. The van der Waals surface area contributed by atoms with E-state index in [0.717, 1.165) is 38.0 Å². The van der Waals surface area contributed by atoms with Crippen LogP contribution in [0.4, 0.5) is 0 Å². The molecule has 0 aliphatic rings. The van der Waals surface area contributed by atoms with Crippen LogP contribution in [0, 0.1) is 0 Å². The Morgan fingerprint density at radius 3 is 2.11 bits per heavy atom. The summed E-state index contributed by atoms with van der Waals surface area (Å²) < 4.78 is 8.54. The molecule has 0 saturated heterocycles. The van der Waals surface area contributed by atoms with E-state index in [-0.39, 0.29) is 0 Å². The number of hydrogen-bond donors (Lipinski definition) is 0. The van der Waals surface area contributed by atoms with Crippen molar-refractivity contribution in [2.75, 3.05) is 0 Å². The smallest absolute Gasteiger partial charge is 0.137 e. The fraction of sp³-hybridized carbons (Fsp3) is 0. The van der Waals surface area contributed by atoms with E-state index in [9.17, 15) is 0 Å². The van der Waals surface area contributed by atoms with E-state index >= 15 is 0 Å². The second kappa shape index (κ2) is 4.54. The molecule has 0 saturated carbocycles. The van der Waals surface area contributed by atoms with Gasteiger partial charge < -0.3 is 8.82 Å². The molecule has 0 atom stereocenters. The fourth-order valence-corrected chi connectivity index (χ4v) is 5.07. The Kier molecular flexibility index (Phi) is 2.34. The molecule has 0 amide bonds. The fourth-order valence-electron chi connectivity index (χ4n) is 4.80. The molecule has 3 aromatic heterocycles. The number of fused-ring (bicyclic) bond motifs is 5. The maximum atomic E-state index is 6.65. The van der Waals surface area contributed by atoms with Gasteiger partial charge in [0.15, 0.2) is 0 Å². The Morgan fingerprint density at radius 2 is 1.22 bits per heavy atom. The van der Waals surface area contributed by atoms with E-state index in [1.54, 1.807) is 0 Å². The third kappa shape index (κ3) is 1.51. The SMILES string of the molecule is Clc1cccc2c1c1cccc3c4cccc5oc6cccc(c6c54)n2c31. The summed E-state index contributed by atoms with van der Waals surface area (Å²) >= 11 is 6.65. The van der Waals surface area contributed by atoms with Gasteiger partial charge in [-0.15, -0.1) is 0 Å². The van der Waals surface area contributed by atoms with Crippen molar-refractivity contribution >= 4 is 71.6 Å². The van der Waals surface area contributed by atoms with Crippen LogP contribution in [-0.4, -0.2) is 4.40 Å². The van der Waals surface area contributed by atoms with Gasteiger partial charge in [-0.2, -0.15) is 0 Å². The summed E-state index contributed by atoms with van der Waals surface area (Å²) in [5.41, 5.74) is 5.32. The molecule has 126 valence electrons. The monoisotopic (exact) mass is 365 g/mol. The maximum absolute atomic E-state index is 6.65. The highest BCUT2D eigenvalue weighted by Gasteiger charge is 2.20. The lowest BCUT2D eigenvalue weighted by Gasteiger charge is -2.01. The number of benzene rings is 4. The molecule has 7 rings (SSSR count). The van der Waals surface area contributed by atoms with Crippen LogP contribution in [-0.2, 0) is 0 Å². The second-order valence-electron chi connectivity index (χ2n) is 7.10. The third-order valence-electron chi connectivity index (χ3n) is 5.79. The van der Waals surface area contributed by atoms with E-state index < -0.39 is 0 Å². The van der Waals surface area contributed by atoms with Crippen molar-refractivity contribution < 1.29 is 4.42 Å². The number of nitrogens with zero attached hydrogens (tertiary/aromatic N) is 1. The molecular formula is C24H12ClNO. The van der Waals surface area contributed by atoms with Crippen LogP contribution in [0.3, 0.4) is 0 Å². The summed E-state index contributed by atoms with van der Waals surface area (Å²) in [7, 11) is 0. The molecule has 0 fully saturated rings. The predicted molar refractivity (Wildman–Crippen MR) is 113 cm³/mol. The lowest BCUT2D eigenvalue weighted by Crippen LogP contribution is -1.84. The van der Waals surface area contributed by atoms with Crippen LogP contribution in [0.1, 0.15) is 0 Å². The second-order valence-corrected chi connectivity index (χ2v) is 7.51. The van der Waals surface area contributed by atoms with Gasteiger partial charge in [-0.25, -0.2) is 0 Å². The van der Waals surface area contributed by atoms with Gasteiger partial charge in [-0.3, -0.25) is 0 Å². The molecule has 7 aromatic rings. The highest BCUT2D eigenvalue weighted by atomic mass is 35.5. The normalized spacial score (nSPS) is 12.6. The molecular weight excluding hydrogens is 354 g/mol. The van der Waals surface area contributed by atoms with Gasteiger partial charge in [0.2, 0.25) is 0 Å². The van der Waals surface area contributed by atoms with Crippen molar-refractivity contribution in [3.05, 3.63) is 77.8 Å². The Balaban J connectivity index is 2.06. The lowest BCUT2D eigenvalue weighted by molar-refractivity contribution is 0.669. The first kappa shape index (κ1) is 13.9. The topological polar surface area (TPSA) is 17.6 Å². The Morgan fingerprint density at radius 1 is 0.593 bits per heavy atom. The highest BCUT2D eigenvalue weighted by molar-refractivity contribution is 6.39. The zero-order valence-corrected chi connectivity index (χ0v) is 14.9. The molecule has 3 heterocycles. The summed E-state index contributed by atoms with van der Waals surface area (Å²) in [5, 5.41) is 7.85. The summed E-state index contributed by atoms with van der Waals surface area (Å²) in [6, 6.07) is 25.2. The molecule has 0 unspecified atom stereocenters. The minimum Gasteiger partial charge on any atom is -0.456 e. The molecule has 0 radical (unpaired) electrons. The van der Waals surface area contributed by atoms with E-state index in [0.29, 0.717) is 0 Å². The lowest BCUT2D eigenvalue weighted by atomic mass is 10.0. The number of furan rings is 1. The Bertz CT molecular complexity index is 1690. The van der Waals surface area contributed by atoms with Gasteiger partial charge >= 0.3 is 0 Å². The average Bonchev–Trinajstić information content (AvgIpc) is 3.19. The van der Waals surface area contributed by atoms with Crippen molar-refractivity contribution in [1.29, 1.82) is 0 Å². The first-order valence-electron chi connectivity index (χ1n) is 8.99. The minimum absolute atomic E-state index is 0.784.